The van der Waals surface area contributed by atoms with Crippen LogP contribution in [0.15, 0.2) is 65.3 Å². The highest BCUT2D eigenvalue weighted by molar-refractivity contribution is 5.94. The summed E-state index contributed by atoms with van der Waals surface area (Å²) in [5.41, 5.74) is -0.0508. The average molecular weight is 429 g/mol. The van der Waals surface area contributed by atoms with E-state index in [-0.39, 0.29) is 18.4 Å². The third-order valence-corrected chi connectivity index (χ3v) is 5.47. The highest BCUT2D eigenvalue weighted by atomic mass is 19.1. The summed E-state index contributed by atoms with van der Waals surface area (Å²) in [5.74, 6) is -2.28. The lowest BCUT2D eigenvalue weighted by Crippen LogP contribution is -2.50. The van der Waals surface area contributed by atoms with Crippen LogP contribution in [-0.4, -0.2) is 43.5 Å². The molecule has 2 heterocycles. The maximum absolute atomic E-state index is 14.1. The SMILES string of the molecule is O=C(NC[C@@H](c1ccco1)N1CCN(c2ccccc2F)CC1)c1c(F)cccc1F. The van der Waals surface area contributed by atoms with E-state index < -0.39 is 23.1 Å². The van der Waals surface area contributed by atoms with Crippen LogP contribution in [0.3, 0.4) is 0 Å². The van der Waals surface area contributed by atoms with Gasteiger partial charge in [0.15, 0.2) is 0 Å². The first-order valence-corrected chi connectivity index (χ1v) is 10.0. The second-order valence-electron chi connectivity index (χ2n) is 7.31. The van der Waals surface area contributed by atoms with Gasteiger partial charge in [0, 0.05) is 32.7 Å². The molecule has 31 heavy (non-hydrogen) atoms. The molecule has 5 nitrogen and oxygen atoms in total. The smallest absolute Gasteiger partial charge is 0.257 e. The molecule has 1 fully saturated rings. The van der Waals surface area contributed by atoms with E-state index in [4.69, 9.17) is 4.42 Å². The average Bonchev–Trinajstić information content (AvgIpc) is 3.29. The van der Waals surface area contributed by atoms with Gasteiger partial charge in [-0.1, -0.05) is 18.2 Å². The van der Waals surface area contributed by atoms with Gasteiger partial charge in [-0.2, -0.15) is 0 Å². The van der Waals surface area contributed by atoms with Crippen molar-refractivity contribution in [3.8, 4) is 0 Å². The van der Waals surface area contributed by atoms with Gasteiger partial charge in [0.05, 0.1) is 18.0 Å². The van der Waals surface area contributed by atoms with Crippen LogP contribution < -0.4 is 10.2 Å². The monoisotopic (exact) mass is 429 g/mol. The predicted octanol–water partition coefficient (Wildman–Crippen LogP) is 3.99. The first-order valence-electron chi connectivity index (χ1n) is 10.0. The number of furan rings is 1. The topological polar surface area (TPSA) is 48.7 Å². The van der Waals surface area contributed by atoms with E-state index in [1.807, 2.05) is 4.90 Å². The van der Waals surface area contributed by atoms with Crippen molar-refractivity contribution < 1.29 is 22.4 Å². The number of anilines is 1. The normalized spacial score (nSPS) is 15.6. The summed E-state index contributed by atoms with van der Waals surface area (Å²) in [6.07, 6.45) is 1.54. The molecule has 162 valence electrons. The summed E-state index contributed by atoms with van der Waals surface area (Å²) in [6, 6.07) is 13.2. The van der Waals surface area contributed by atoms with E-state index in [2.05, 4.69) is 10.2 Å². The number of hydrogen-bond donors (Lipinski definition) is 1. The first kappa shape index (κ1) is 21.0. The lowest BCUT2D eigenvalue weighted by atomic mass is 10.1. The summed E-state index contributed by atoms with van der Waals surface area (Å²) in [6.45, 7) is 2.50. The van der Waals surface area contributed by atoms with Crippen LogP contribution in [0.5, 0.6) is 0 Å². The molecule has 1 atom stereocenters. The highest BCUT2D eigenvalue weighted by Gasteiger charge is 2.29. The second-order valence-corrected chi connectivity index (χ2v) is 7.31. The van der Waals surface area contributed by atoms with Gasteiger partial charge in [-0.25, -0.2) is 13.2 Å². The Hall–Kier alpha value is -3.26. The Kier molecular flexibility index (Phi) is 6.27. The molecule has 0 aliphatic carbocycles. The molecule has 0 saturated carbocycles. The Balaban J connectivity index is 1.45. The molecule has 0 radical (unpaired) electrons. The van der Waals surface area contributed by atoms with Gasteiger partial charge in [0.1, 0.15) is 28.8 Å². The van der Waals surface area contributed by atoms with Crippen LogP contribution in [0, 0.1) is 17.5 Å². The minimum absolute atomic E-state index is 0.111. The van der Waals surface area contributed by atoms with Gasteiger partial charge in [0.25, 0.3) is 5.91 Å². The van der Waals surface area contributed by atoms with Crippen molar-refractivity contribution in [1.82, 2.24) is 10.2 Å². The number of para-hydroxylation sites is 1. The van der Waals surface area contributed by atoms with Gasteiger partial charge in [-0.3, -0.25) is 9.69 Å². The van der Waals surface area contributed by atoms with E-state index >= 15 is 0 Å². The van der Waals surface area contributed by atoms with Crippen molar-refractivity contribution in [2.24, 2.45) is 0 Å². The van der Waals surface area contributed by atoms with E-state index in [9.17, 15) is 18.0 Å². The number of piperazine rings is 1. The van der Waals surface area contributed by atoms with Gasteiger partial charge in [-0.15, -0.1) is 0 Å². The summed E-state index contributed by atoms with van der Waals surface area (Å²) in [4.78, 5) is 16.5. The summed E-state index contributed by atoms with van der Waals surface area (Å²) >= 11 is 0. The molecule has 0 bridgehead atoms. The Morgan fingerprint density at radius 1 is 0.903 bits per heavy atom. The third kappa shape index (κ3) is 4.59. The molecular formula is C23H22F3N3O2. The highest BCUT2D eigenvalue weighted by Crippen LogP contribution is 2.26. The Morgan fingerprint density at radius 2 is 1.58 bits per heavy atom. The molecule has 3 aromatic rings. The predicted molar refractivity (Wildman–Crippen MR) is 110 cm³/mol. The molecule has 1 aromatic heterocycles. The molecule has 4 rings (SSSR count). The number of halogens is 3. The van der Waals surface area contributed by atoms with Gasteiger partial charge >= 0.3 is 0 Å². The number of nitrogens with one attached hydrogen (secondary N) is 1. The molecule has 1 aliphatic rings. The zero-order valence-electron chi connectivity index (χ0n) is 16.7. The fraction of sp³-hybridized carbons (Fsp3) is 0.261. The molecule has 0 spiro atoms. The quantitative estimate of drug-likeness (QED) is 0.644. The fourth-order valence-electron chi connectivity index (χ4n) is 3.87. The van der Waals surface area contributed by atoms with E-state index in [1.165, 1.54) is 18.4 Å². The van der Waals surface area contributed by atoms with Crippen LogP contribution in [0.4, 0.5) is 18.9 Å². The zero-order chi connectivity index (χ0) is 21.8. The second kappa shape index (κ2) is 9.26. The minimum atomic E-state index is -0.912. The standard InChI is InChI=1S/C23H22F3N3O2/c24-16-5-1-2-8-19(16)28-10-12-29(13-11-28)20(21-9-4-14-31-21)15-27-23(30)22-17(25)6-3-7-18(22)26/h1-9,14,20H,10-13,15H2,(H,27,30)/t20-/m0/s1. The number of amides is 1. The number of benzene rings is 2. The Labute approximate surface area is 178 Å². The van der Waals surface area contributed by atoms with Gasteiger partial charge in [-0.05, 0) is 36.4 Å². The van der Waals surface area contributed by atoms with Gasteiger partial charge in [0.2, 0.25) is 0 Å². The summed E-state index contributed by atoms with van der Waals surface area (Å²) in [5, 5.41) is 2.62. The maximum atomic E-state index is 14.1. The first-order chi connectivity index (χ1) is 15.0. The fourth-order valence-corrected chi connectivity index (χ4v) is 3.87. The number of carbonyl (C=O) groups excluding carboxylic acids is 1. The Bertz CT molecular complexity index is 1010. The van der Waals surface area contributed by atoms with Crippen LogP contribution in [0.2, 0.25) is 0 Å². The van der Waals surface area contributed by atoms with Crippen LogP contribution >= 0.6 is 0 Å². The van der Waals surface area contributed by atoms with E-state index in [0.29, 0.717) is 37.6 Å². The number of carbonyl (C=O) groups is 1. The van der Waals surface area contributed by atoms with Crippen molar-refractivity contribution in [3.05, 3.63) is 89.6 Å². The van der Waals surface area contributed by atoms with Crippen molar-refractivity contribution in [3.63, 3.8) is 0 Å². The summed E-state index contributed by atoms with van der Waals surface area (Å²) in [7, 11) is 0. The van der Waals surface area contributed by atoms with Crippen molar-refractivity contribution in [2.75, 3.05) is 37.6 Å². The molecule has 2 aromatic carbocycles. The number of rotatable bonds is 6. The van der Waals surface area contributed by atoms with Crippen molar-refractivity contribution in [2.45, 2.75) is 6.04 Å². The lowest BCUT2D eigenvalue weighted by Gasteiger charge is -2.39. The van der Waals surface area contributed by atoms with Crippen LogP contribution in [0.1, 0.15) is 22.2 Å². The molecule has 0 unspecified atom stereocenters. The zero-order valence-corrected chi connectivity index (χ0v) is 16.7. The van der Waals surface area contributed by atoms with E-state index in [0.717, 1.165) is 12.1 Å². The molecule has 8 heteroatoms. The number of nitrogens with zero attached hydrogens (tertiary/aromatic N) is 2. The Morgan fingerprint density at radius 3 is 2.23 bits per heavy atom. The molecule has 1 saturated heterocycles. The number of hydrogen-bond acceptors (Lipinski definition) is 4. The van der Waals surface area contributed by atoms with E-state index in [1.54, 1.807) is 30.3 Å². The summed E-state index contributed by atoms with van der Waals surface area (Å²) < 4.78 is 47.5. The molecule has 1 aliphatic heterocycles. The van der Waals surface area contributed by atoms with Crippen molar-refractivity contribution in [1.29, 1.82) is 0 Å². The lowest BCUT2D eigenvalue weighted by molar-refractivity contribution is 0.0914. The van der Waals surface area contributed by atoms with Crippen LogP contribution in [0.25, 0.3) is 0 Å². The molecule has 1 amide bonds. The van der Waals surface area contributed by atoms with Crippen molar-refractivity contribution >= 4 is 11.6 Å². The molecule has 1 N–H and O–H groups in total. The third-order valence-electron chi connectivity index (χ3n) is 5.47. The van der Waals surface area contributed by atoms with Crippen LogP contribution in [-0.2, 0) is 0 Å². The van der Waals surface area contributed by atoms with Gasteiger partial charge < -0.3 is 14.6 Å². The largest absolute Gasteiger partial charge is 0.468 e. The maximum Gasteiger partial charge on any atom is 0.257 e. The molecular weight excluding hydrogens is 407 g/mol. The minimum Gasteiger partial charge on any atom is -0.468 e.